The van der Waals surface area contributed by atoms with E-state index >= 15 is 0 Å². The predicted octanol–water partition coefficient (Wildman–Crippen LogP) is 3.59. The largest absolute Gasteiger partial charge is 0.495 e. The van der Waals surface area contributed by atoms with Gasteiger partial charge in [0.05, 0.1) is 42.1 Å². The summed E-state index contributed by atoms with van der Waals surface area (Å²) >= 11 is 1.17. The van der Waals surface area contributed by atoms with E-state index in [-0.39, 0.29) is 17.2 Å². The lowest BCUT2D eigenvalue weighted by Crippen LogP contribution is -2.26. The van der Waals surface area contributed by atoms with Crippen LogP contribution in [-0.2, 0) is 16.1 Å². The van der Waals surface area contributed by atoms with Crippen molar-refractivity contribution in [3.05, 3.63) is 94.3 Å². The van der Waals surface area contributed by atoms with E-state index in [1.807, 2.05) is 18.2 Å². The number of nitrogens with zero attached hydrogens (tertiary/aromatic N) is 2. The Bertz CT molecular complexity index is 1430. The summed E-state index contributed by atoms with van der Waals surface area (Å²) in [6.07, 6.45) is 0. The van der Waals surface area contributed by atoms with Gasteiger partial charge in [-0.3, -0.25) is 14.2 Å². The van der Waals surface area contributed by atoms with E-state index in [2.05, 4.69) is 10.3 Å². The van der Waals surface area contributed by atoms with Gasteiger partial charge >= 0.3 is 5.97 Å². The number of aromatic nitrogens is 2. The van der Waals surface area contributed by atoms with E-state index < -0.39 is 5.97 Å². The van der Waals surface area contributed by atoms with E-state index in [9.17, 15) is 14.4 Å². The monoisotopic (exact) mass is 489 g/mol. The first-order valence-electron chi connectivity index (χ1n) is 10.7. The molecule has 0 aliphatic heterocycles. The maximum Gasteiger partial charge on any atom is 0.337 e. The van der Waals surface area contributed by atoms with Crippen LogP contribution in [0.4, 0.5) is 0 Å². The number of nitrogens with one attached hydrogen (secondary N) is 1. The molecule has 0 aliphatic carbocycles. The van der Waals surface area contributed by atoms with Crippen LogP contribution in [0.15, 0.2) is 82.7 Å². The number of ether oxygens (including phenoxy) is 2. The van der Waals surface area contributed by atoms with E-state index in [0.29, 0.717) is 39.6 Å². The predicted molar refractivity (Wildman–Crippen MR) is 134 cm³/mol. The number of hydrogen-bond acceptors (Lipinski definition) is 7. The molecule has 8 nitrogen and oxygen atoms in total. The third-order valence-electron chi connectivity index (χ3n) is 5.27. The van der Waals surface area contributed by atoms with Gasteiger partial charge in [-0.2, -0.15) is 0 Å². The number of amides is 1. The lowest BCUT2D eigenvalue weighted by atomic mass is 10.1. The molecule has 178 valence electrons. The van der Waals surface area contributed by atoms with Crippen LogP contribution >= 0.6 is 11.8 Å². The first-order chi connectivity index (χ1) is 17.0. The molecule has 4 aromatic rings. The number of carbonyl (C=O) groups excluding carboxylic acids is 2. The second-order valence-electron chi connectivity index (χ2n) is 7.48. The highest BCUT2D eigenvalue weighted by Gasteiger charge is 2.17. The van der Waals surface area contributed by atoms with Gasteiger partial charge in [-0.25, -0.2) is 9.78 Å². The smallest absolute Gasteiger partial charge is 0.337 e. The summed E-state index contributed by atoms with van der Waals surface area (Å²) in [6, 6.07) is 21.1. The highest BCUT2D eigenvalue weighted by molar-refractivity contribution is 7.99. The number of methoxy groups -OCH3 is 2. The molecule has 0 radical (unpaired) electrons. The number of carbonyl (C=O) groups is 2. The zero-order chi connectivity index (χ0) is 24.8. The fourth-order valence-electron chi connectivity index (χ4n) is 3.49. The molecule has 0 spiro atoms. The van der Waals surface area contributed by atoms with Gasteiger partial charge in [0.15, 0.2) is 5.16 Å². The van der Waals surface area contributed by atoms with Gasteiger partial charge in [-0.05, 0) is 42.0 Å². The first kappa shape index (κ1) is 24.0. The number of rotatable bonds is 8. The topological polar surface area (TPSA) is 99.5 Å². The van der Waals surface area contributed by atoms with Crippen molar-refractivity contribution in [1.29, 1.82) is 0 Å². The molecule has 0 atom stereocenters. The van der Waals surface area contributed by atoms with Crippen molar-refractivity contribution < 1.29 is 19.1 Å². The molecule has 4 rings (SSSR count). The van der Waals surface area contributed by atoms with Gasteiger partial charge in [-0.1, -0.05) is 48.2 Å². The van der Waals surface area contributed by atoms with Crippen molar-refractivity contribution >= 4 is 34.5 Å². The average Bonchev–Trinajstić information content (AvgIpc) is 2.90. The minimum absolute atomic E-state index is 0.0557. The molecule has 0 aliphatic rings. The van der Waals surface area contributed by atoms with E-state index in [4.69, 9.17) is 9.47 Å². The quantitative estimate of drug-likeness (QED) is 0.229. The second kappa shape index (κ2) is 10.9. The van der Waals surface area contributed by atoms with Crippen LogP contribution in [-0.4, -0.2) is 41.4 Å². The lowest BCUT2D eigenvalue weighted by Gasteiger charge is -2.15. The summed E-state index contributed by atoms with van der Waals surface area (Å²) in [5.41, 5.74) is 2.14. The molecule has 1 aromatic heterocycles. The van der Waals surface area contributed by atoms with Crippen LogP contribution in [0.5, 0.6) is 5.75 Å². The highest BCUT2D eigenvalue weighted by Crippen LogP contribution is 2.27. The van der Waals surface area contributed by atoms with Gasteiger partial charge < -0.3 is 14.8 Å². The summed E-state index contributed by atoms with van der Waals surface area (Å²) in [5.74, 6) is -0.0597. The molecular weight excluding hydrogens is 466 g/mol. The Hall–Kier alpha value is -4.11. The molecule has 1 amide bonds. The normalized spacial score (nSPS) is 10.7. The molecule has 3 aromatic carbocycles. The second-order valence-corrected chi connectivity index (χ2v) is 8.42. The molecule has 0 saturated carbocycles. The summed E-state index contributed by atoms with van der Waals surface area (Å²) in [7, 11) is 2.86. The Morgan fingerprint density at radius 2 is 1.69 bits per heavy atom. The molecular formula is C26H23N3O5S. The van der Waals surface area contributed by atoms with Crippen LogP contribution in [0.1, 0.15) is 15.9 Å². The third-order valence-corrected chi connectivity index (χ3v) is 6.21. The van der Waals surface area contributed by atoms with Crippen molar-refractivity contribution in [1.82, 2.24) is 14.9 Å². The van der Waals surface area contributed by atoms with Crippen molar-refractivity contribution in [3.63, 3.8) is 0 Å². The minimum Gasteiger partial charge on any atom is -0.495 e. The van der Waals surface area contributed by atoms with Crippen LogP contribution < -0.4 is 15.6 Å². The minimum atomic E-state index is -0.416. The van der Waals surface area contributed by atoms with Gasteiger partial charge in [0.2, 0.25) is 5.91 Å². The lowest BCUT2D eigenvalue weighted by molar-refractivity contribution is -0.118. The number of fused-ring (bicyclic) bond motifs is 1. The van der Waals surface area contributed by atoms with Crippen LogP contribution in [0.25, 0.3) is 16.6 Å². The summed E-state index contributed by atoms with van der Waals surface area (Å²) in [4.78, 5) is 42.2. The van der Waals surface area contributed by atoms with Crippen molar-refractivity contribution in [2.45, 2.75) is 11.7 Å². The molecule has 0 fully saturated rings. The fraction of sp³-hybridized carbons (Fsp3) is 0.154. The molecule has 1 N–H and O–H groups in total. The number of hydrogen-bond donors (Lipinski definition) is 1. The number of benzene rings is 3. The van der Waals surface area contributed by atoms with Crippen molar-refractivity contribution in [2.75, 3.05) is 20.0 Å². The standard InChI is InChI=1S/C26H23N3O5S/c1-33-22-10-6-5-9-21(22)29-24(31)19-7-3-4-8-20(19)28-26(29)35-16-23(30)27-15-17-11-13-18(14-12-17)25(32)34-2/h3-14H,15-16H2,1-2H3,(H,27,30). The average molecular weight is 490 g/mol. The Morgan fingerprint density at radius 3 is 2.43 bits per heavy atom. The maximum absolute atomic E-state index is 13.4. The summed E-state index contributed by atoms with van der Waals surface area (Å²) in [5, 5.41) is 3.71. The number of esters is 1. The Kier molecular flexibility index (Phi) is 7.47. The molecule has 0 bridgehead atoms. The third kappa shape index (κ3) is 5.36. The van der Waals surface area contributed by atoms with E-state index in [1.165, 1.54) is 30.5 Å². The Labute approximate surface area is 205 Å². The van der Waals surface area contributed by atoms with E-state index in [0.717, 1.165) is 5.56 Å². The zero-order valence-electron chi connectivity index (χ0n) is 19.2. The Morgan fingerprint density at radius 1 is 0.971 bits per heavy atom. The van der Waals surface area contributed by atoms with Gasteiger partial charge in [0.1, 0.15) is 5.75 Å². The first-order valence-corrected chi connectivity index (χ1v) is 11.7. The van der Waals surface area contributed by atoms with Gasteiger partial charge in [0, 0.05) is 6.54 Å². The molecule has 0 saturated heterocycles. The van der Waals surface area contributed by atoms with Crippen LogP contribution in [0, 0.1) is 0 Å². The van der Waals surface area contributed by atoms with Crippen molar-refractivity contribution in [3.8, 4) is 11.4 Å². The van der Waals surface area contributed by atoms with E-state index in [1.54, 1.807) is 54.6 Å². The molecule has 35 heavy (non-hydrogen) atoms. The highest BCUT2D eigenvalue weighted by atomic mass is 32.2. The SMILES string of the molecule is COC(=O)c1ccc(CNC(=O)CSc2nc3ccccc3c(=O)n2-c2ccccc2OC)cc1. The fourth-order valence-corrected chi connectivity index (χ4v) is 4.33. The maximum atomic E-state index is 13.4. The Balaban J connectivity index is 1.54. The van der Waals surface area contributed by atoms with Gasteiger partial charge in [0.25, 0.3) is 5.56 Å². The van der Waals surface area contributed by atoms with Crippen molar-refractivity contribution in [2.24, 2.45) is 0 Å². The zero-order valence-corrected chi connectivity index (χ0v) is 20.0. The molecule has 1 heterocycles. The van der Waals surface area contributed by atoms with Crippen LogP contribution in [0.2, 0.25) is 0 Å². The number of para-hydroxylation sites is 3. The van der Waals surface area contributed by atoms with Crippen LogP contribution in [0.3, 0.4) is 0 Å². The molecule has 9 heteroatoms. The summed E-state index contributed by atoms with van der Waals surface area (Å²) < 4.78 is 11.6. The van der Waals surface area contributed by atoms with Gasteiger partial charge in [-0.15, -0.1) is 0 Å². The number of thioether (sulfide) groups is 1. The molecule has 0 unspecified atom stereocenters. The summed E-state index contributed by atoms with van der Waals surface area (Å²) in [6.45, 7) is 0.297.